The predicted molar refractivity (Wildman–Crippen MR) is 195 cm³/mol. The van der Waals surface area contributed by atoms with Crippen molar-refractivity contribution in [2.45, 2.75) is 68.4 Å². The number of phenolic OH excluding ortho intramolecular Hbond substituents is 1. The lowest BCUT2D eigenvalue weighted by Crippen LogP contribution is -2.57. The number of ether oxygens (including phenoxy) is 2. The number of aromatic hydroxyl groups is 1. The molecule has 10 nitrogen and oxygen atoms in total. The highest BCUT2D eigenvalue weighted by Crippen LogP contribution is 2.46. The van der Waals surface area contributed by atoms with Crippen LogP contribution in [-0.2, 0) is 11.8 Å². The van der Waals surface area contributed by atoms with Gasteiger partial charge >= 0.3 is 6.01 Å². The third kappa shape index (κ3) is 5.16. The first-order valence-corrected chi connectivity index (χ1v) is 18.6. The average molecular weight is 724 g/mol. The van der Waals surface area contributed by atoms with Gasteiger partial charge in [-0.25, -0.2) is 13.2 Å². The SMILES string of the molecule is C#Cc1c(F)ccc2cc(O)cc(-c3c(F)c4nc(OC[C@@]56CCCN5C[C@H](F)C6)nc(N5CC6CCC(C5)N6CC5CCO5)c4c4cn(C)nc34)c12. The topological polar surface area (TPSA) is 92.0 Å². The van der Waals surface area contributed by atoms with Gasteiger partial charge in [0.1, 0.15) is 41.2 Å². The molecule has 5 aromatic rings. The molecule has 7 heterocycles. The van der Waals surface area contributed by atoms with Crippen molar-refractivity contribution in [1.82, 2.24) is 29.5 Å². The summed E-state index contributed by atoms with van der Waals surface area (Å²) >= 11 is 0. The molecular formula is C40H40F3N7O3. The fourth-order valence-electron chi connectivity index (χ4n) is 9.99. The summed E-state index contributed by atoms with van der Waals surface area (Å²) in [6.45, 7) is 4.45. The van der Waals surface area contributed by atoms with Crippen molar-refractivity contribution in [2.24, 2.45) is 7.05 Å². The highest BCUT2D eigenvalue weighted by Gasteiger charge is 2.49. The number of terminal acetylenes is 1. The Bertz CT molecular complexity index is 2340. The molecule has 0 spiro atoms. The molecule has 2 aromatic heterocycles. The van der Waals surface area contributed by atoms with Crippen LogP contribution in [0.1, 0.15) is 44.1 Å². The fraction of sp³-hybridized carbons (Fsp3) is 0.475. The second-order valence-corrected chi connectivity index (χ2v) is 15.6. The van der Waals surface area contributed by atoms with Crippen molar-refractivity contribution >= 4 is 38.4 Å². The van der Waals surface area contributed by atoms with Gasteiger partial charge in [-0.15, -0.1) is 6.42 Å². The number of benzene rings is 3. The first kappa shape index (κ1) is 33.0. The van der Waals surface area contributed by atoms with Gasteiger partial charge in [0.05, 0.1) is 22.6 Å². The van der Waals surface area contributed by atoms with Gasteiger partial charge in [-0.1, -0.05) is 12.0 Å². The van der Waals surface area contributed by atoms with E-state index in [1.54, 1.807) is 11.7 Å². The van der Waals surface area contributed by atoms with Gasteiger partial charge < -0.3 is 19.5 Å². The van der Waals surface area contributed by atoms with Crippen LogP contribution >= 0.6 is 0 Å². The molecule has 5 aliphatic rings. The second kappa shape index (κ2) is 12.2. The molecule has 0 aliphatic carbocycles. The van der Waals surface area contributed by atoms with Crippen molar-refractivity contribution in [2.75, 3.05) is 50.8 Å². The maximum absolute atomic E-state index is 17.7. The van der Waals surface area contributed by atoms with Gasteiger partial charge in [0, 0.05) is 80.9 Å². The van der Waals surface area contributed by atoms with E-state index in [1.165, 1.54) is 24.3 Å². The van der Waals surface area contributed by atoms with Crippen molar-refractivity contribution in [3.05, 3.63) is 47.7 Å². The molecule has 53 heavy (non-hydrogen) atoms. The number of hydrogen-bond donors (Lipinski definition) is 1. The third-order valence-corrected chi connectivity index (χ3v) is 12.5. The molecule has 10 rings (SSSR count). The van der Waals surface area contributed by atoms with Crippen molar-refractivity contribution < 1.29 is 27.8 Å². The van der Waals surface area contributed by atoms with Crippen LogP contribution in [0.5, 0.6) is 11.8 Å². The summed E-state index contributed by atoms with van der Waals surface area (Å²) in [5.41, 5.74) is 0.0528. The Labute approximate surface area is 304 Å². The van der Waals surface area contributed by atoms with Gasteiger partial charge in [0.2, 0.25) is 0 Å². The van der Waals surface area contributed by atoms with E-state index in [1.807, 2.05) is 6.20 Å². The predicted octanol–water partition coefficient (Wildman–Crippen LogP) is 5.70. The Kier molecular flexibility index (Phi) is 7.59. The number of halogens is 3. The van der Waals surface area contributed by atoms with Gasteiger partial charge in [-0.05, 0) is 67.8 Å². The lowest BCUT2D eigenvalue weighted by Gasteiger charge is -2.44. The van der Waals surface area contributed by atoms with E-state index in [-0.39, 0.29) is 64.1 Å². The molecule has 5 aliphatic heterocycles. The number of alkyl halides is 1. The molecule has 1 N–H and O–H groups in total. The highest BCUT2D eigenvalue weighted by molar-refractivity contribution is 6.18. The maximum Gasteiger partial charge on any atom is 0.319 e. The number of aryl methyl sites for hydroxylation is 1. The lowest BCUT2D eigenvalue weighted by atomic mass is 9.91. The maximum atomic E-state index is 17.7. The molecule has 13 heteroatoms. The van der Waals surface area contributed by atoms with E-state index >= 15 is 8.78 Å². The molecule has 0 radical (unpaired) electrons. The van der Waals surface area contributed by atoms with Crippen molar-refractivity contribution in [1.29, 1.82) is 0 Å². The lowest BCUT2D eigenvalue weighted by molar-refractivity contribution is -0.0744. The largest absolute Gasteiger partial charge is 0.508 e. The molecule has 3 aromatic carbocycles. The van der Waals surface area contributed by atoms with Crippen molar-refractivity contribution in [3.8, 4) is 35.2 Å². The number of phenols is 1. The second-order valence-electron chi connectivity index (χ2n) is 15.6. The van der Waals surface area contributed by atoms with Crippen LogP contribution in [0.3, 0.4) is 0 Å². The summed E-state index contributed by atoms with van der Waals surface area (Å²) in [6.07, 6.45) is 12.3. The van der Waals surface area contributed by atoms with Crippen LogP contribution < -0.4 is 9.64 Å². The smallest absolute Gasteiger partial charge is 0.319 e. The highest BCUT2D eigenvalue weighted by atomic mass is 19.1. The number of nitrogens with zero attached hydrogens (tertiary/aromatic N) is 7. The van der Waals surface area contributed by atoms with Gasteiger partial charge in [-0.2, -0.15) is 15.1 Å². The molecule has 0 saturated carbocycles. The van der Waals surface area contributed by atoms with E-state index in [9.17, 15) is 9.50 Å². The molecule has 0 amide bonds. The number of hydrogen-bond acceptors (Lipinski definition) is 9. The average Bonchev–Trinajstić information content (AvgIpc) is 3.83. The van der Waals surface area contributed by atoms with Crippen LogP contribution in [0.4, 0.5) is 19.0 Å². The van der Waals surface area contributed by atoms with Crippen LogP contribution in [-0.4, -0.2) is 110 Å². The summed E-state index contributed by atoms with van der Waals surface area (Å²) in [5.74, 6) is 1.51. The minimum Gasteiger partial charge on any atom is -0.508 e. The van der Waals surface area contributed by atoms with E-state index < -0.39 is 23.3 Å². The summed E-state index contributed by atoms with van der Waals surface area (Å²) in [6, 6.07) is 6.19. The Morgan fingerprint density at radius 1 is 1.08 bits per heavy atom. The summed E-state index contributed by atoms with van der Waals surface area (Å²) < 4.78 is 61.5. The number of rotatable bonds is 7. The first-order valence-electron chi connectivity index (χ1n) is 18.6. The van der Waals surface area contributed by atoms with Crippen LogP contribution in [0.15, 0.2) is 30.5 Å². The van der Waals surface area contributed by atoms with E-state index in [2.05, 4.69) is 20.6 Å². The molecule has 5 atom stereocenters. The van der Waals surface area contributed by atoms with E-state index in [4.69, 9.17) is 31.0 Å². The molecular weight excluding hydrogens is 683 g/mol. The van der Waals surface area contributed by atoms with Gasteiger partial charge in [0.25, 0.3) is 0 Å². The first-order chi connectivity index (χ1) is 25.7. The molecule has 5 fully saturated rings. The van der Waals surface area contributed by atoms with E-state index in [0.29, 0.717) is 53.5 Å². The minimum absolute atomic E-state index is 0.0119. The molecule has 274 valence electrons. The quantitative estimate of drug-likeness (QED) is 0.213. The number of piperazine rings is 1. The zero-order chi connectivity index (χ0) is 36.2. The Morgan fingerprint density at radius 2 is 1.89 bits per heavy atom. The zero-order valence-corrected chi connectivity index (χ0v) is 29.5. The van der Waals surface area contributed by atoms with Gasteiger partial charge in [0.15, 0.2) is 5.82 Å². The number of aromatic nitrogens is 4. The molecule has 2 bridgehead atoms. The summed E-state index contributed by atoms with van der Waals surface area (Å²) in [4.78, 5) is 16.8. The monoisotopic (exact) mass is 723 g/mol. The fourth-order valence-corrected chi connectivity index (χ4v) is 9.99. The molecule has 5 saturated heterocycles. The third-order valence-electron chi connectivity index (χ3n) is 12.5. The standard InChI is InChI=1S/C40H40F3N7O3/c1-3-28-31(42)8-5-22-13-26(51)14-29(32(22)28)33-35(43)37-34(30-20-47(2)46-36(30)33)38(48-17-24-6-7-25(18-48)50(24)19-27-9-12-52-27)45-39(44-37)53-21-40-10-4-11-49(40)16-23(41)15-40/h1,5,8,13-14,20,23-25,27,51H,4,6-7,9-12,15-19,21H2,2H3/t23-,24?,25?,27?,40+/m1/s1. The zero-order valence-electron chi connectivity index (χ0n) is 29.5. The van der Waals surface area contributed by atoms with Crippen LogP contribution in [0, 0.1) is 24.0 Å². The van der Waals surface area contributed by atoms with E-state index in [0.717, 1.165) is 51.8 Å². The Morgan fingerprint density at radius 3 is 2.64 bits per heavy atom. The summed E-state index contributed by atoms with van der Waals surface area (Å²) in [5, 5.41) is 17.4. The van der Waals surface area contributed by atoms with Crippen LogP contribution in [0.25, 0.3) is 43.7 Å². The Balaban J connectivity index is 1.17. The van der Waals surface area contributed by atoms with Gasteiger partial charge in [-0.3, -0.25) is 14.5 Å². The summed E-state index contributed by atoms with van der Waals surface area (Å²) in [7, 11) is 1.76. The normalized spacial score (nSPS) is 27.2. The number of anilines is 1. The number of fused-ring (bicyclic) bond motifs is 7. The Hall–Kier alpha value is -4.64. The minimum atomic E-state index is -0.933. The van der Waals surface area contributed by atoms with Crippen molar-refractivity contribution in [3.63, 3.8) is 0 Å². The van der Waals surface area contributed by atoms with Crippen LogP contribution in [0.2, 0.25) is 0 Å². The molecule has 3 unspecified atom stereocenters.